The third kappa shape index (κ3) is 6.35. The number of aryl methyl sites for hydroxylation is 3. The highest BCUT2D eigenvalue weighted by molar-refractivity contribution is 5.67. The number of benzene rings is 1. The maximum absolute atomic E-state index is 11.4. The molecule has 1 N–H and O–H groups in total. The van der Waals surface area contributed by atoms with E-state index < -0.39 is 11.7 Å². The Morgan fingerprint density at radius 1 is 1.14 bits per heavy atom. The zero-order valence-electron chi connectivity index (χ0n) is 13.9. The lowest BCUT2D eigenvalue weighted by atomic mass is 10.0. The molecule has 0 bridgehead atoms. The second-order valence-electron chi connectivity index (χ2n) is 6.23. The summed E-state index contributed by atoms with van der Waals surface area (Å²) in [6.07, 6.45) is 0.206. The Morgan fingerprint density at radius 3 is 2.38 bits per heavy atom. The summed E-state index contributed by atoms with van der Waals surface area (Å²) in [5, 5.41) is 2.70. The van der Waals surface area contributed by atoms with Crippen LogP contribution in [0.15, 0.2) is 12.1 Å². The van der Waals surface area contributed by atoms with Crippen LogP contribution in [0.5, 0.6) is 0 Å². The normalized spacial score (nSPS) is 10.6. The van der Waals surface area contributed by atoms with Crippen LogP contribution in [-0.2, 0) is 4.74 Å². The van der Waals surface area contributed by atoms with Gasteiger partial charge in [0.1, 0.15) is 5.60 Å². The predicted molar refractivity (Wildman–Crippen MR) is 86.4 cm³/mol. The second-order valence-corrected chi connectivity index (χ2v) is 6.23. The van der Waals surface area contributed by atoms with E-state index in [0.717, 1.165) is 5.56 Å². The Kier molecular flexibility index (Phi) is 5.84. The Bertz CT molecular complexity index is 571. The van der Waals surface area contributed by atoms with E-state index in [1.165, 1.54) is 16.7 Å². The van der Waals surface area contributed by atoms with Gasteiger partial charge in [0, 0.05) is 18.5 Å². The summed E-state index contributed by atoms with van der Waals surface area (Å²) in [7, 11) is 0. The van der Waals surface area contributed by atoms with Crippen LogP contribution in [0.3, 0.4) is 0 Å². The molecule has 0 fully saturated rings. The van der Waals surface area contributed by atoms with E-state index in [-0.39, 0.29) is 0 Å². The molecule has 0 aliphatic carbocycles. The van der Waals surface area contributed by atoms with E-state index in [1.807, 2.05) is 20.8 Å². The molecule has 0 saturated heterocycles. The van der Waals surface area contributed by atoms with Crippen LogP contribution in [-0.4, -0.2) is 18.2 Å². The molecule has 0 spiro atoms. The smallest absolute Gasteiger partial charge is 0.407 e. The van der Waals surface area contributed by atoms with Crippen molar-refractivity contribution in [2.24, 2.45) is 0 Å². The quantitative estimate of drug-likeness (QED) is 0.662. The van der Waals surface area contributed by atoms with Crippen molar-refractivity contribution in [3.05, 3.63) is 34.4 Å². The number of amides is 1. The van der Waals surface area contributed by atoms with Gasteiger partial charge in [-0.1, -0.05) is 17.9 Å². The van der Waals surface area contributed by atoms with Gasteiger partial charge in [-0.3, -0.25) is 0 Å². The third-order valence-corrected chi connectivity index (χ3v) is 2.98. The first-order valence-corrected chi connectivity index (χ1v) is 7.22. The SMILES string of the molecule is Cc1cc(C)c(C#CCCNC(=O)OC(C)(C)C)cc1C. The molecule has 0 aliphatic heterocycles. The van der Waals surface area contributed by atoms with Gasteiger partial charge in [-0.25, -0.2) is 4.79 Å². The number of rotatable bonds is 2. The van der Waals surface area contributed by atoms with Crippen LogP contribution in [0, 0.1) is 32.6 Å². The van der Waals surface area contributed by atoms with Gasteiger partial charge in [0.25, 0.3) is 0 Å². The minimum Gasteiger partial charge on any atom is -0.444 e. The van der Waals surface area contributed by atoms with E-state index in [1.54, 1.807) is 0 Å². The molecule has 0 unspecified atom stereocenters. The van der Waals surface area contributed by atoms with Gasteiger partial charge in [0.05, 0.1) is 0 Å². The molecule has 114 valence electrons. The summed E-state index contributed by atoms with van der Waals surface area (Å²) in [6.45, 7) is 12.3. The Hall–Kier alpha value is -1.95. The van der Waals surface area contributed by atoms with Gasteiger partial charge in [0.15, 0.2) is 0 Å². The average molecular weight is 287 g/mol. The molecule has 0 heterocycles. The molecule has 3 heteroatoms. The number of nitrogens with one attached hydrogen (secondary N) is 1. The maximum atomic E-state index is 11.4. The first-order chi connectivity index (χ1) is 9.69. The van der Waals surface area contributed by atoms with Crippen LogP contribution in [0.2, 0.25) is 0 Å². The van der Waals surface area contributed by atoms with Crippen LogP contribution in [0.4, 0.5) is 4.79 Å². The highest BCUT2D eigenvalue weighted by Gasteiger charge is 2.15. The number of ether oxygens (including phenoxy) is 1. The molecule has 1 amide bonds. The summed E-state index contributed by atoms with van der Waals surface area (Å²) >= 11 is 0. The van der Waals surface area contributed by atoms with Crippen molar-refractivity contribution in [1.82, 2.24) is 5.32 Å². The van der Waals surface area contributed by atoms with Crippen LogP contribution < -0.4 is 5.32 Å². The fourth-order valence-corrected chi connectivity index (χ4v) is 1.79. The zero-order chi connectivity index (χ0) is 16.0. The lowest BCUT2D eigenvalue weighted by molar-refractivity contribution is 0.0529. The lowest BCUT2D eigenvalue weighted by Gasteiger charge is -2.19. The fraction of sp³-hybridized carbons (Fsp3) is 0.500. The lowest BCUT2D eigenvalue weighted by Crippen LogP contribution is -2.32. The second kappa shape index (κ2) is 7.17. The molecule has 1 rings (SSSR count). The molecule has 0 aliphatic rings. The van der Waals surface area contributed by atoms with Crippen molar-refractivity contribution < 1.29 is 9.53 Å². The zero-order valence-corrected chi connectivity index (χ0v) is 13.9. The molecule has 0 saturated carbocycles. The van der Waals surface area contributed by atoms with Gasteiger partial charge < -0.3 is 10.1 Å². The van der Waals surface area contributed by atoms with Crippen molar-refractivity contribution in [2.45, 2.75) is 53.6 Å². The molecular weight excluding hydrogens is 262 g/mol. The van der Waals surface area contributed by atoms with Crippen LogP contribution in [0.25, 0.3) is 0 Å². The monoisotopic (exact) mass is 287 g/mol. The molecule has 0 aromatic heterocycles. The van der Waals surface area contributed by atoms with E-state index in [2.05, 4.69) is 50.1 Å². The van der Waals surface area contributed by atoms with E-state index in [0.29, 0.717) is 13.0 Å². The van der Waals surface area contributed by atoms with E-state index in [4.69, 9.17) is 4.74 Å². The molecule has 1 aromatic carbocycles. The summed E-state index contributed by atoms with van der Waals surface area (Å²) in [5.74, 6) is 6.25. The molecular formula is C18H25NO2. The van der Waals surface area contributed by atoms with Gasteiger partial charge in [-0.05, 0) is 64.3 Å². The summed E-state index contributed by atoms with van der Waals surface area (Å²) in [5.41, 5.74) is 4.30. The van der Waals surface area contributed by atoms with Crippen LogP contribution in [0.1, 0.15) is 49.4 Å². The molecule has 21 heavy (non-hydrogen) atoms. The molecule has 0 atom stereocenters. The number of hydrogen-bond donors (Lipinski definition) is 1. The molecule has 0 radical (unpaired) electrons. The Labute approximate surface area is 128 Å². The predicted octanol–water partition coefficient (Wildman–Crippen LogP) is 3.88. The first-order valence-electron chi connectivity index (χ1n) is 7.22. The van der Waals surface area contributed by atoms with Gasteiger partial charge in [-0.15, -0.1) is 0 Å². The van der Waals surface area contributed by atoms with Crippen molar-refractivity contribution in [3.8, 4) is 11.8 Å². The summed E-state index contributed by atoms with van der Waals surface area (Å²) in [4.78, 5) is 11.4. The fourth-order valence-electron chi connectivity index (χ4n) is 1.79. The minimum absolute atomic E-state index is 0.397. The number of hydrogen-bond acceptors (Lipinski definition) is 2. The summed E-state index contributed by atoms with van der Waals surface area (Å²) < 4.78 is 5.15. The Morgan fingerprint density at radius 2 is 1.76 bits per heavy atom. The Balaban J connectivity index is 2.48. The van der Waals surface area contributed by atoms with Crippen molar-refractivity contribution in [1.29, 1.82) is 0 Å². The number of carbonyl (C=O) groups excluding carboxylic acids is 1. The number of alkyl carbamates (subject to hydrolysis) is 1. The molecule has 3 nitrogen and oxygen atoms in total. The van der Waals surface area contributed by atoms with Crippen LogP contribution >= 0.6 is 0 Å². The van der Waals surface area contributed by atoms with Crippen molar-refractivity contribution in [2.75, 3.05) is 6.54 Å². The average Bonchev–Trinajstić information content (AvgIpc) is 2.32. The van der Waals surface area contributed by atoms with E-state index >= 15 is 0 Å². The number of carbonyl (C=O) groups is 1. The van der Waals surface area contributed by atoms with Crippen molar-refractivity contribution in [3.63, 3.8) is 0 Å². The topological polar surface area (TPSA) is 38.3 Å². The highest BCUT2D eigenvalue weighted by Crippen LogP contribution is 2.14. The van der Waals surface area contributed by atoms with Gasteiger partial charge >= 0.3 is 6.09 Å². The highest BCUT2D eigenvalue weighted by atomic mass is 16.6. The standard InChI is InChI=1S/C18H25NO2/c1-13-11-15(3)16(12-14(13)2)9-7-8-10-19-17(20)21-18(4,5)6/h11-12H,8,10H2,1-6H3,(H,19,20). The minimum atomic E-state index is -0.466. The maximum Gasteiger partial charge on any atom is 0.407 e. The first kappa shape index (κ1) is 17.1. The van der Waals surface area contributed by atoms with E-state index in [9.17, 15) is 4.79 Å². The van der Waals surface area contributed by atoms with Gasteiger partial charge in [0.2, 0.25) is 0 Å². The largest absolute Gasteiger partial charge is 0.444 e. The summed E-state index contributed by atoms with van der Waals surface area (Å²) in [6, 6.07) is 4.26. The van der Waals surface area contributed by atoms with Gasteiger partial charge in [-0.2, -0.15) is 0 Å². The van der Waals surface area contributed by atoms with Crippen molar-refractivity contribution >= 4 is 6.09 Å². The third-order valence-electron chi connectivity index (χ3n) is 2.98. The molecule has 1 aromatic rings.